The summed E-state index contributed by atoms with van der Waals surface area (Å²) in [5.74, 6) is 0. The summed E-state index contributed by atoms with van der Waals surface area (Å²) in [7, 11) is -3.30. The van der Waals surface area contributed by atoms with Crippen LogP contribution in [0.5, 0.6) is 0 Å². The molecule has 0 fully saturated rings. The number of carbonyl (C=O) groups is 1. The van der Waals surface area contributed by atoms with Gasteiger partial charge in [-0.25, -0.2) is 13.2 Å². The van der Waals surface area contributed by atoms with E-state index in [1.54, 1.807) is 18.2 Å². The molecule has 6 nitrogen and oxygen atoms in total. The highest BCUT2D eigenvalue weighted by Gasteiger charge is 2.10. The van der Waals surface area contributed by atoms with Crippen molar-refractivity contribution >= 4 is 21.7 Å². The van der Waals surface area contributed by atoms with E-state index in [-0.39, 0.29) is 12.1 Å². The predicted octanol–water partition coefficient (Wildman–Crippen LogP) is 1.44. The molecule has 1 unspecified atom stereocenters. The van der Waals surface area contributed by atoms with Crippen molar-refractivity contribution in [1.29, 1.82) is 0 Å². The number of rotatable bonds is 5. The standard InChI is InChI=1S/C12H19N3O3S/c1-4-13-12(16)14-9(2)10-6-5-7-11(8-10)15-19(3,17)18/h5-9,15H,4H2,1-3H3,(H2,13,14,16). The number of nitrogens with one attached hydrogen (secondary N) is 3. The van der Waals surface area contributed by atoms with Gasteiger partial charge in [-0.15, -0.1) is 0 Å². The summed E-state index contributed by atoms with van der Waals surface area (Å²) in [5.41, 5.74) is 1.30. The third-order valence-electron chi connectivity index (χ3n) is 2.37. The Hall–Kier alpha value is -1.76. The topological polar surface area (TPSA) is 87.3 Å². The first-order valence-corrected chi connectivity index (χ1v) is 7.83. The zero-order valence-corrected chi connectivity index (χ0v) is 12.0. The van der Waals surface area contributed by atoms with E-state index in [9.17, 15) is 13.2 Å². The van der Waals surface area contributed by atoms with Crippen molar-refractivity contribution in [2.75, 3.05) is 17.5 Å². The van der Waals surface area contributed by atoms with Crippen molar-refractivity contribution < 1.29 is 13.2 Å². The van der Waals surface area contributed by atoms with Crippen LogP contribution in [0, 0.1) is 0 Å². The van der Waals surface area contributed by atoms with Crippen molar-refractivity contribution in [1.82, 2.24) is 10.6 Å². The molecule has 1 aromatic carbocycles. The number of sulfonamides is 1. The fraction of sp³-hybridized carbons (Fsp3) is 0.417. The third kappa shape index (κ3) is 5.60. The van der Waals surface area contributed by atoms with Gasteiger partial charge in [0.15, 0.2) is 0 Å². The average Bonchev–Trinajstić information content (AvgIpc) is 2.27. The normalized spacial score (nSPS) is 12.6. The van der Waals surface area contributed by atoms with Crippen molar-refractivity contribution in [3.05, 3.63) is 29.8 Å². The molecule has 1 rings (SSSR count). The number of amides is 2. The zero-order chi connectivity index (χ0) is 14.5. The summed E-state index contributed by atoms with van der Waals surface area (Å²) in [4.78, 5) is 11.4. The molecule has 106 valence electrons. The van der Waals surface area contributed by atoms with Gasteiger partial charge in [0.2, 0.25) is 10.0 Å². The van der Waals surface area contributed by atoms with Crippen molar-refractivity contribution in [2.24, 2.45) is 0 Å². The maximum Gasteiger partial charge on any atom is 0.315 e. The number of hydrogen-bond donors (Lipinski definition) is 3. The molecule has 0 radical (unpaired) electrons. The molecule has 0 bridgehead atoms. The van der Waals surface area contributed by atoms with Crippen molar-refractivity contribution in [3.63, 3.8) is 0 Å². The molecule has 0 aliphatic carbocycles. The second-order valence-electron chi connectivity index (χ2n) is 4.23. The lowest BCUT2D eigenvalue weighted by Gasteiger charge is -2.15. The SMILES string of the molecule is CCNC(=O)NC(C)c1cccc(NS(C)(=O)=O)c1. The molecule has 7 heteroatoms. The molecule has 0 saturated carbocycles. The summed E-state index contributed by atoms with van der Waals surface area (Å²) in [6, 6.07) is 6.44. The zero-order valence-electron chi connectivity index (χ0n) is 11.2. The average molecular weight is 285 g/mol. The van der Waals surface area contributed by atoms with Crippen LogP contribution in [0.3, 0.4) is 0 Å². The maximum atomic E-state index is 11.4. The van der Waals surface area contributed by atoms with Crippen LogP contribution in [-0.4, -0.2) is 27.2 Å². The van der Waals surface area contributed by atoms with Gasteiger partial charge in [0.25, 0.3) is 0 Å². The number of anilines is 1. The predicted molar refractivity (Wildman–Crippen MR) is 75.5 cm³/mol. The van der Waals surface area contributed by atoms with Crippen LogP contribution in [0.25, 0.3) is 0 Å². The Balaban J connectivity index is 2.78. The number of urea groups is 1. The molecule has 0 aromatic heterocycles. The van der Waals surface area contributed by atoms with Gasteiger partial charge in [0, 0.05) is 12.2 Å². The molecule has 0 heterocycles. The van der Waals surface area contributed by atoms with Gasteiger partial charge in [-0.1, -0.05) is 12.1 Å². The van der Waals surface area contributed by atoms with Crippen LogP contribution in [0.1, 0.15) is 25.5 Å². The van der Waals surface area contributed by atoms with Gasteiger partial charge in [-0.05, 0) is 31.5 Å². The van der Waals surface area contributed by atoms with Crippen LogP contribution in [-0.2, 0) is 10.0 Å². The Kier molecular flexibility index (Phi) is 5.17. The highest BCUT2D eigenvalue weighted by Crippen LogP contribution is 2.17. The van der Waals surface area contributed by atoms with E-state index < -0.39 is 10.0 Å². The molecular weight excluding hydrogens is 266 g/mol. The Morgan fingerprint density at radius 1 is 1.37 bits per heavy atom. The minimum absolute atomic E-state index is 0.215. The number of carbonyl (C=O) groups excluding carboxylic acids is 1. The molecule has 2 amide bonds. The lowest BCUT2D eigenvalue weighted by molar-refractivity contribution is 0.238. The van der Waals surface area contributed by atoms with Gasteiger partial charge < -0.3 is 10.6 Å². The first-order valence-electron chi connectivity index (χ1n) is 5.94. The molecular formula is C12H19N3O3S. The lowest BCUT2D eigenvalue weighted by Crippen LogP contribution is -2.36. The van der Waals surface area contributed by atoms with Gasteiger partial charge >= 0.3 is 6.03 Å². The molecule has 0 aliphatic rings. The molecule has 0 saturated heterocycles. The smallest absolute Gasteiger partial charge is 0.315 e. The third-order valence-corrected chi connectivity index (χ3v) is 2.98. The Morgan fingerprint density at radius 2 is 2.05 bits per heavy atom. The van der Waals surface area contributed by atoms with Crippen LogP contribution >= 0.6 is 0 Å². The van der Waals surface area contributed by atoms with Crippen LogP contribution in [0.15, 0.2) is 24.3 Å². The largest absolute Gasteiger partial charge is 0.338 e. The highest BCUT2D eigenvalue weighted by atomic mass is 32.2. The van der Waals surface area contributed by atoms with E-state index in [0.717, 1.165) is 11.8 Å². The minimum Gasteiger partial charge on any atom is -0.338 e. The van der Waals surface area contributed by atoms with Gasteiger partial charge in [0.05, 0.1) is 12.3 Å². The second kappa shape index (κ2) is 6.42. The molecule has 0 spiro atoms. The highest BCUT2D eigenvalue weighted by molar-refractivity contribution is 7.92. The Bertz CT molecular complexity index is 543. The number of hydrogen-bond acceptors (Lipinski definition) is 3. The molecule has 1 aromatic rings. The first-order chi connectivity index (χ1) is 8.81. The van der Waals surface area contributed by atoms with E-state index >= 15 is 0 Å². The van der Waals surface area contributed by atoms with Crippen LogP contribution in [0.4, 0.5) is 10.5 Å². The molecule has 1 atom stereocenters. The summed E-state index contributed by atoms with van der Waals surface area (Å²) in [6.45, 7) is 4.21. The molecule has 3 N–H and O–H groups in total. The first kappa shape index (κ1) is 15.3. The number of benzene rings is 1. The van der Waals surface area contributed by atoms with Gasteiger partial charge in [-0.2, -0.15) is 0 Å². The van der Waals surface area contributed by atoms with Gasteiger partial charge in [-0.3, -0.25) is 4.72 Å². The van der Waals surface area contributed by atoms with E-state index in [1.807, 2.05) is 19.9 Å². The molecule has 19 heavy (non-hydrogen) atoms. The van der Waals surface area contributed by atoms with E-state index in [1.165, 1.54) is 0 Å². The minimum atomic E-state index is -3.30. The van der Waals surface area contributed by atoms with Crippen molar-refractivity contribution in [2.45, 2.75) is 19.9 Å². The van der Waals surface area contributed by atoms with Crippen LogP contribution < -0.4 is 15.4 Å². The maximum absolute atomic E-state index is 11.4. The Morgan fingerprint density at radius 3 is 2.63 bits per heavy atom. The quantitative estimate of drug-likeness (QED) is 0.765. The van der Waals surface area contributed by atoms with E-state index in [4.69, 9.17) is 0 Å². The summed E-state index contributed by atoms with van der Waals surface area (Å²) in [5, 5.41) is 5.40. The Labute approximate surface area is 113 Å². The van der Waals surface area contributed by atoms with Crippen LogP contribution in [0.2, 0.25) is 0 Å². The lowest BCUT2D eigenvalue weighted by atomic mass is 10.1. The second-order valence-corrected chi connectivity index (χ2v) is 5.97. The fourth-order valence-corrected chi connectivity index (χ4v) is 2.13. The molecule has 0 aliphatic heterocycles. The summed E-state index contributed by atoms with van der Waals surface area (Å²) in [6.07, 6.45) is 1.09. The summed E-state index contributed by atoms with van der Waals surface area (Å²) >= 11 is 0. The summed E-state index contributed by atoms with van der Waals surface area (Å²) < 4.78 is 24.7. The van der Waals surface area contributed by atoms with E-state index in [2.05, 4.69) is 15.4 Å². The van der Waals surface area contributed by atoms with Crippen molar-refractivity contribution in [3.8, 4) is 0 Å². The van der Waals surface area contributed by atoms with Gasteiger partial charge in [0.1, 0.15) is 0 Å². The van der Waals surface area contributed by atoms with E-state index in [0.29, 0.717) is 12.2 Å². The fourth-order valence-electron chi connectivity index (χ4n) is 1.58. The monoisotopic (exact) mass is 285 g/mol.